The van der Waals surface area contributed by atoms with E-state index in [4.69, 9.17) is 0 Å². The zero-order valence-electron chi connectivity index (χ0n) is 10.5. The standard InChI is InChI=1S/C14H27N/c1-3-9-15-10-14(11-15)13-6-4-5-12(2)7-8-13/h12-14H,3-11H2,1-2H3/t12-,13+/m0/s1. The van der Waals surface area contributed by atoms with Crippen molar-refractivity contribution in [2.75, 3.05) is 19.6 Å². The van der Waals surface area contributed by atoms with Crippen LogP contribution < -0.4 is 0 Å². The van der Waals surface area contributed by atoms with Crippen LogP contribution in [0.5, 0.6) is 0 Å². The first-order chi connectivity index (χ1) is 7.29. The van der Waals surface area contributed by atoms with Gasteiger partial charge >= 0.3 is 0 Å². The molecule has 0 unspecified atom stereocenters. The molecule has 1 saturated heterocycles. The highest BCUT2D eigenvalue weighted by atomic mass is 15.2. The number of nitrogens with zero attached hydrogens (tertiary/aromatic N) is 1. The van der Waals surface area contributed by atoms with Crippen LogP contribution >= 0.6 is 0 Å². The van der Waals surface area contributed by atoms with E-state index in [1.165, 1.54) is 58.2 Å². The molecule has 0 spiro atoms. The van der Waals surface area contributed by atoms with Crippen molar-refractivity contribution in [1.82, 2.24) is 4.90 Å². The average Bonchev–Trinajstić information content (AvgIpc) is 2.36. The molecule has 2 rings (SSSR count). The van der Waals surface area contributed by atoms with Crippen molar-refractivity contribution < 1.29 is 0 Å². The maximum atomic E-state index is 2.64. The summed E-state index contributed by atoms with van der Waals surface area (Å²) in [5, 5.41) is 0. The van der Waals surface area contributed by atoms with Crippen molar-refractivity contribution >= 4 is 0 Å². The van der Waals surface area contributed by atoms with Crippen molar-refractivity contribution in [1.29, 1.82) is 0 Å². The average molecular weight is 209 g/mol. The second kappa shape index (κ2) is 5.34. The van der Waals surface area contributed by atoms with E-state index < -0.39 is 0 Å². The van der Waals surface area contributed by atoms with Crippen molar-refractivity contribution in [3.8, 4) is 0 Å². The normalized spacial score (nSPS) is 34.8. The number of rotatable bonds is 3. The largest absolute Gasteiger partial charge is 0.303 e. The van der Waals surface area contributed by atoms with Crippen LogP contribution in [0.15, 0.2) is 0 Å². The van der Waals surface area contributed by atoms with Crippen LogP contribution in [0.4, 0.5) is 0 Å². The summed E-state index contributed by atoms with van der Waals surface area (Å²) >= 11 is 0. The third kappa shape index (κ3) is 2.96. The van der Waals surface area contributed by atoms with Gasteiger partial charge in [0.1, 0.15) is 0 Å². The van der Waals surface area contributed by atoms with Gasteiger partial charge in [-0.3, -0.25) is 0 Å². The molecular weight excluding hydrogens is 182 g/mol. The second-order valence-corrected chi connectivity index (χ2v) is 5.89. The van der Waals surface area contributed by atoms with E-state index in [1.807, 2.05) is 0 Å². The lowest BCUT2D eigenvalue weighted by Gasteiger charge is -2.43. The lowest BCUT2D eigenvalue weighted by Crippen LogP contribution is -2.49. The summed E-state index contributed by atoms with van der Waals surface area (Å²) in [7, 11) is 0. The highest BCUT2D eigenvalue weighted by Crippen LogP contribution is 2.35. The molecule has 0 aromatic carbocycles. The molecule has 2 aliphatic rings. The molecule has 0 amide bonds. The highest BCUT2D eigenvalue weighted by molar-refractivity contribution is 4.86. The second-order valence-electron chi connectivity index (χ2n) is 5.89. The minimum Gasteiger partial charge on any atom is -0.303 e. The van der Waals surface area contributed by atoms with E-state index in [9.17, 15) is 0 Å². The van der Waals surface area contributed by atoms with E-state index in [0.29, 0.717) is 0 Å². The van der Waals surface area contributed by atoms with Crippen LogP contribution in [0.25, 0.3) is 0 Å². The molecule has 88 valence electrons. The molecule has 1 aliphatic carbocycles. The molecule has 2 atom stereocenters. The third-order valence-corrected chi connectivity index (χ3v) is 4.49. The summed E-state index contributed by atoms with van der Waals surface area (Å²) in [5.74, 6) is 3.13. The fourth-order valence-corrected chi connectivity index (χ4v) is 3.39. The fraction of sp³-hybridized carbons (Fsp3) is 1.00. The molecule has 1 aliphatic heterocycles. The Hall–Kier alpha value is -0.0400. The van der Waals surface area contributed by atoms with Crippen LogP contribution in [0.2, 0.25) is 0 Å². The van der Waals surface area contributed by atoms with Gasteiger partial charge in [-0.2, -0.15) is 0 Å². The molecule has 1 nitrogen and oxygen atoms in total. The van der Waals surface area contributed by atoms with Gasteiger partial charge in [0.05, 0.1) is 0 Å². The molecular formula is C14H27N. The minimum absolute atomic E-state index is 1.00. The van der Waals surface area contributed by atoms with Gasteiger partial charge < -0.3 is 4.90 Å². The minimum atomic E-state index is 1.00. The fourth-order valence-electron chi connectivity index (χ4n) is 3.39. The van der Waals surface area contributed by atoms with Gasteiger partial charge in [0.25, 0.3) is 0 Å². The Labute approximate surface area is 95.2 Å². The predicted molar refractivity (Wildman–Crippen MR) is 66.0 cm³/mol. The van der Waals surface area contributed by atoms with Gasteiger partial charge in [-0.25, -0.2) is 0 Å². The Morgan fingerprint density at radius 1 is 1.00 bits per heavy atom. The molecule has 0 N–H and O–H groups in total. The van der Waals surface area contributed by atoms with Crippen molar-refractivity contribution in [3.63, 3.8) is 0 Å². The number of hydrogen-bond donors (Lipinski definition) is 0. The van der Waals surface area contributed by atoms with Gasteiger partial charge in [0.15, 0.2) is 0 Å². The molecule has 0 aromatic heterocycles. The molecule has 0 aromatic rings. The maximum absolute atomic E-state index is 2.64. The third-order valence-electron chi connectivity index (χ3n) is 4.49. The zero-order valence-corrected chi connectivity index (χ0v) is 10.5. The smallest absolute Gasteiger partial charge is 0.00247 e. The zero-order chi connectivity index (χ0) is 10.7. The Bertz CT molecular complexity index is 184. The number of hydrogen-bond acceptors (Lipinski definition) is 1. The van der Waals surface area contributed by atoms with Gasteiger partial charge in [0, 0.05) is 13.1 Å². The lowest BCUT2D eigenvalue weighted by atomic mass is 9.81. The van der Waals surface area contributed by atoms with Gasteiger partial charge in [-0.05, 0) is 37.1 Å². The summed E-state index contributed by atoms with van der Waals surface area (Å²) in [4.78, 5) is 2.64. The first-order valence-corrected chi connectivity index (χ1v) is 7.02. The van der Waals surface area contributed by atoms with E-state index in [0.717, 1.165) is 17.8 Å². The van der Waals surface area contributed by atoms with Crippen molar-refractivity contribution in [2.24, 2.45) is 17.8 Å². The highest BCUT2D eigenvalue weighted by Gasteiger charge is 2.33. The van der Waals surface area contributed by atoms with Gasteiger partial charge in [0.2, 0.25) is 0 Å². The summed E-state index contributed by atoms with van der Waals surface area (Å²) in [6, 6.07) is 0. The Morgan fingerprint density at radius 3 is 2.53 bits per heavy atom. The summed E-state index contributed by atoms with van der Waals surface area (Å²) < 4.78 is 0. The molecule has 1 heteroatoms. The SMILES string of the molecule is CCCN1CC([C@@H]2CCC[C@H](C)CC2)C1. The van der Waals surface area contributed by atoms with Crippen molar-refractivity contribution in [2.45, 2.75) is 52.4 Å². The predicted octanol–water partition coefficient (Wildman–Crippen LogP) is 3.54. The quantitative estimate of drug-likeness (QED) is 0.643. The Balaban J connectivity index is 1.71. The van der Waals surface area contributed by atoms with Crippen LogP contribution in [0, 0.1) is 17.8 Å². The van der Waals surface area contributed by atoms with Crippen LogP contribution in [-0.2, 0) is 0 Å². The summed E-state index contributed by atoms with van der Waals surface area (Å²) in [6.07, 6.45) is 8.85. The number of likely N-dealkylation sites (tertiary alicyclic amines) is 1. The molecule has 1 heterocycles. The van der Waals surface area contributed by atoms with E-state index in [1.54, 1.807) is 0 Å². The Kier molecular flexibility index (Phi) is 4.07. The van der Waals surface area contributed by atoms with Crippen molar-refractivity contribution in [3.05, 3.63) is 0 Å². The first kappa shape index (κ1) is 11.4. The van der Waals surface area contributed by atoms with E-state index in [2.05, 4.69) is 18.7 Å². The van der Waals surface area contributed by atoms with Gasteiger partial charge in [-0.15, -0.1) is 0 Å². The maximum Gasteiger partial charge on any atom is 0.00247 e. The first-order valence-electron chi connectivity index (χ1n) is 7.02. The molecule has 0 radical (unpaired) electrons. The molecule has 1 saturated carbocycles. The monoisotopic (exact) mass is 209 g/mol. The molecule has 0 bridgehead atoms. The molecule has 15 heavy (non-hydrogen) atoms. The summed E-state index contributed by atoms with van der Waals surface area (Å²) in [5.41, 5.74) is 0. The Morgan fingerprint density at radius 2 is 1.80 bits per heavy atom. The molecule has 2 fully saturated rings. The van der Waals surface area contributed by atoms with E-state index in [-0.39, 0.29) is 0 Å². The van der Waals surface area contributed by atoms with Crippen LogP contribution in [-0.4, -0.2) is 24.5 Å². The topological polar surface area (TPSA) is 3.24 Å². The lowest BCUT2D eigenvalue weighted by molar-refractivity contribution is 0.0512. The van der Waals surface area contributed by atoms with Crippen LogP contribution in [0.3, 0.4) is 0 Å². The van der Waals surface area contributed by atoms with Crippen LogP contribution in [0.1, 0.15) is 52.4 Å². The van der Waals surface area contributed by atoms with Gasteiger partial charge in [-0.1, -0.05) is 39.5 Å². The summed E-state index contributed by atoms with van der Waals surface area (Å²) in [6.45, 7) is 8.88. The van der Waals surface area contributed by atoms with E-state index >= 15 is 0 Å².